The molecule has 2 aliphatic heterocycles. The number of likely N-dealkylation sites (N-methyl/N-ethyl adjacent to an activating group) is 1. The highest BCUT2D eigenvalue weighted by Crippen LogP contribution is 2.65. The lowest BCUT2D eigenvalue weighted by Gasteiger charge is -2.61. The molecule has 4 aliphatic rings. The molecule has 11 heteroatoms. The van der Waals surface area contributed by atoms with Crippen LogP contribution in [-0.2, 0) is 35.6 Å². The molecule has 5 atom stereocenters. The van der Waals surface area contributed by atoms with Crippen LogP contribution < -0.4 is 14.8 Å². The van der Waals surface area contributed by atoms with E-state index in [2.05, 4.69) is 10.2 Å². The molecule has 0 aromatic heterocycles. The van der Waals surface area contributed by atoms with Crippen molar-refractivity contribution in [3.8, 4) is 11.5 Å². The molecule has 2 heterocycles. The zero-order chi connectivity index (χ0) is 32.1. The van der Waals surface area contributed by atoms with Gasteiger partial charge in [-0.3, -0.25) is 9.59 Å². The number of nitrogens with zero attached hydrogens (tertiary/aromatic N) is 1. The molecule has 2 N–H and O–H groups in total. The number of carbonyl (C=O) groups is 3. The number of ether oxygens (including phenoxy) is 5. The molecular weight excluding hydrogens is 580 g/mol. The third-order valence-electron chi connectivity index (χ3n) is 9.36. The van der Waals surface area contributed by atoms with Gasteiger partial charge in [-0.1, -0.05) is 36.4 Å². The summed E-state index contributed by atoms with van der Waals surface area (Å²) in [6.07, 6.45) is 0.264. The topological polar surface area (TPSA) is 133 Å². The molecule has 2 aromatic carbocycles. The van der Waals surface area contributed by atoms with Crippen LogP contribution in [0.15, 0.2) is 54.3 Å². The van der Waals surface area contributed by atoms with E-state index in [-0.39, 0.29) is 19.0 Å². The number of amides is 1. The molecule has 0 saturated carbocycles. The normalized spacial score (nSPS) is 26.8. The SMILES string of the molecule is COc1ccc2c3c1O[C@H]1C(OC(=O)CCNC(=O)[C@@H](OC(=O)OC(C)(C)C)c4ccccc4)=CC[C@@]4(O)[C@@H](C2)N(C)CC[C@]314. The largest absolute Gasteiger partial charge is 0.509 e. The maximum Gasteiger partial charge on any atom is 0.509 e. The summed E-state index contributed by atoms with van der Waals surface area (Å²) in [4.78, 5) is 40.9. The molecule has 45 heavy (non-hydrogen) atoms. The first kappa shape index (κ1) is 30.9. The van der Waals surface area contributed by atoms with E-state index in [9.17, 15) is 19.5 Å². The van der Waals surface area contributed by atoms with Crippen molar-refractivity contribution >= 4 is 18.0 Å². The molecular formula is C34H40N2O9. The lowest BCUT2D eigenvalue weighted by Crippen LogP contribution is -2.74. The number of aliphatic hydroxyl groups is 1. The second kappa shape index (κ2) is 11.4. The van der Waals surface area contributed by atoms with Crippen molar-refractivity contribution in [2.45, 2.75) is 81.3 Å². The number of methoxy groups -OCH3 is 1. The molecule has 1 saturated heterocycles. The van der Waals surface area contributed by atoms with Crippen LogP contribution in [0.25, 0.3) is 0 Å². The van der Waals surface area contributed by atoms with Gasteiger partial charge >= 0.3 is 12.1 Å². The monoisotopic (exact) mass is 620 g/mol. The predicted octanol–water partition coefficient (Wildman–Crippen LogP) is 3.72. The van der Waals surface area contributed by atoms with Gasteiger partial charge in [-0.25, -0.2) is 4.79 Å². The fourth-order valence-electron chi connectivity index (χ4n) is 7.42. The van der Waals surface area contributed by atoms with Crippen LogP contribution in [0.3, 0.4) is 0 Å². The Morgan fingerprint density at radius 2 is 1.91 bits per heavy atom. The first-order valence-corrected chi connectivity index (χ1v) is 15.3. The fraction of sp³-hybridized carbons (Fsp3) is 0.500. The van der Waals surface area contributed by atoms with E-state index in [4.69, 9.17) is 23.7 Å². The molecule has 0 unspecified atom stereocenters. The van der Waals surface area contributed by atoms with Crippen LogP contribution in [-0.4, -0.2) is 78.6 Å². The first-order valence-electron chi connectivity index (χ1n) is 15.3. The number of benzene rings is 2. The van der Waals surface area contributed by atoms with Gasteiger partial charge in [-0.2, -0.15) is 0 Å². The summed E-state index contributed by atoms with van der Waals surface area (Å²) in [6, 6.07) is 12.4. The van der Waals surface area contributed by atoms with E-state index in [1.807, 2.05) is 19.2 Å². The molecule has 1 amide bonds. The molecule has 240 valence electrons. The van der Waals surface area contributed by atoms with E-state index < -0.39 is 46.9 Å². The van der Waals surface area contributed by atoms with Gasteiger partial charge in [0.2, 0.25) is 6.10 Å². The standard InChI is InChI=1S/C34H40N2O9/c1-32(2,3)45-31(39)44-27(20-9-7-6-8-10-20)30(38)35-17-14-25(37)42-23-13-15-34(40)24-19-21-11-12-22(41-5)28-26(21)33(34,29(23)43-28)16-18-36(24)4/h6-13,24,27,29,40H,14-19H2,1-5H3,(H,35,38)/t24-,27+,29+,33+,34-/m1/s1. The van der Waals surface area contributed by atoms with Crippen LogP contribution >= 0.6 is 0 Å². The average molecular weight is 621 g/mol. The van der Waals surface area contributed by atoms with Gasteiger partial charge in [0.1, 0.15) is 11.4 Å². The van der Waals surface area contributed by atoms with Crippen LogP contribution in [0.4, 0.5) is 4.79 Å². The predicted molar refractivity (Wildman–Crippen MR) is 162 cm³/mol. The number of nitrogens with one attached hydrogen (secondary N) is 1. The summed E-state index contributed by atoms with van der Waals surface area (Å²) < 4.78 is 28.7. The Bertz CT molecular complexity index is 1530. The Kier molecular flexibility index (Phi) is 7.81. The van der Waals surface area contributed by atoms with Crippen molar-refractivity contribution in [2.24, 2.45) is 0 Å². The summed E-state index contributed by atoms with van der Waals surface area (Å²) in [5.74, 6) is 0.344. The molecule has 0 radical (unpaired) electrons. The number of likely N-dealkylation sites (tertiary alicyclic amines) is 1. The summed E-state index contributed by atoms with van der Waals surface area (Å²) in [5.41, 5.74) is -0.192. The highest BCUT2D eigenvalue weighted by Gasteiger charge is 2.72. The van der Waals surface area contributed by atoms with Crippen molar-refractivity contribution in [1.29, 1.82) is 0 Å². The van der Waals surface area contributed by atoms with Gasteiger partial charge in [0, 0.05) is 30.1 Å². The Hall–Kier alpha value is -4.09. The average Bonchev–Trinajstić information content (AvgIpc) is 3.34. The van der Waals surface area contributed by atoms with Gasteiger partial charge in [-0.05, 0) is 64.9 Å². The van der Waals surface area contributed by atoms with E-state index in [1.54, 1.807) is 64.3 Å². The van der Waals surface area contributed by atoms with E-state index >= 15 is 0 Å². The Labute approximate surface area is 262 Å². The second-order valence-corrected chi connectivity index (χ2v) is 13.2. The van der Waals surface area contributed by atoms with Crippen LogP contribution in [0.1, 0.15) is 62.8 Å². The van der Waals surface area contributed by atoms with E-state index in [0.29, 0.717) is 42.1 Å². The molecule has 6 rings (SSSR count). The van der Waals surface area contributed by atoms with E-state index in [1.165, 1.54) is 0 Å². The van der Waals surface area contributed by atoms with Gasteiger partial charge in [0.25, 0.3) is 5.91 Å². The molecule has 1 spiro atoms. The fourth-order valence-corrected chi connectivity index (χ4v) is 7.42. The molecule has 2 bridgehead atoms. The summed E-state index contributed by atoms with van der Waals surface area (Å²) in [6.45, 7) is 5.79. The lowest BCUT2D eigenvalue weighted by molar-refractivity contribution is -0.169. The molecule has 11 nitrogen and oxygen atoms in total. The van der Waals surface area contributed by atoms with Crippen molar-refractivity contribution < 1.29 is 43.2 Å². The summed E-state index contributed by atoms with van der Waals surface area (Å²) >= 11 is 0. The van der Waals surface area contributed by atoms with Crippen LogP contribution in [0.5, 0.6) is 11.5 Å². The van der Waals surface area contributed by atoms with Gasteiger partial charge in [-0.15, -0.1) is 0 Å². The molecule has 1 fully saturated rings. The Balaban J connectivity index is 1.15. The first-order chi connectivity index (χ1) is 21.4. The second-order valence-electron chi connectivity index (χ2n) is 13.2. The van der Waals surface area contributed by atoms with Crippen molar-refractivity contribution in [2.75, 3.05) is 27.2 Å². The Morgan fingerprint density at radius 1 is 1.16 bits per heavy atom. The van der Waals surface area contributed by atoms with Crippen LogP contribution in [0.2, 0.25) is 0 Å². The summed E-state index contributed by atoms with van der Waals surface area (Å²) in [7, 11) is 3.61. The van der Waals surface area contributed by atoms with Crippen molar-refractivity contribution in [1.82, 2.24) is 10.2 Å². The van der Waals surface area contributed by atoms with Crippen LogP contribution in [0, 0.1) is 0 Å². The number of carbonyl (C=O) groups excluding carboxylic acids is 3. The van der Waals surface area contributed by atoms with Gasteiger partial charge in [0.15, 0.2) is 17.6 Å². The minimum atomic E-state index is -1.27. The number of hydrogen-bond donors (Lipinski definition) is 2. The molecule has 2 aliphatic carbocycles. The third kappa shape index (κ3) is 5.21. The smallest absolute Gasteiger partial charge is 0.493 e. The lowest BCUT2D eigenvalue weighted by atomic mass is 9.50. The van der Waals surface area contributed by atoms with E-state index in [0.717, 1.165) is 17.7 Å². The highest BCUT2D eigenvalue weighted by atomic mass is 16.7. The number of esters is 1. The highest BCUT2D eigenvalue weighted by molar-refractivity contribution is 5.84. The number of rotatable bonds is 8. The maximum atomic E-state index is 13.1. The third-order valence-corrected chi connectivity index (χ3v) is 9.36. The minimum absolute atomic E-state index is 0.0579. The number of piperidine rings is 1. The van der Waals surface area contributed by atoms with Crippen molar-refractivity contribution in [3.63, 3.8) is 0 Å². The minimum Gasteiger partial charge on any atom is -0.493 e. The Morgan fingerprint density at radius 3 is 2.62 bits per heavy atom. The summed E-state index contributed by atoms with van der Waals surface area (Å²) in [5, 5.41) is 15.0. The zero-order valence-electron chi connectivity index (χ0n) is 26.3. The maximum absolute atomic E-state index is 13.1. The quantitative estimate of drug-likeness (QED) is 0.421. The number of hydrogen-bond acceptors (Lipinski definition) is 10. The zero-order valence-corrected chi connectivity index (χ0v) is 26.3. The van der Waals surface area contributed by atoms with Gasteiger partial charge < -0.3 is 39.0 Å². The molecule has 2 aromatic rings. The van der Waals surface area contributed by atoms with Gasteiger partial charge in [0.05, 0.1) is 24.5 Å². The van der Waals surface area contributed by atoms with Crippen molar-refractivity contribution in [3.05, 3.63) is 71.0 Å².